The summed E-state index contributed by atoms with van der Waals surface area (Å²) in [5.41, 5.74) is 6.68. The van der Waals surface area contributed by atoms with Crippen molar-refractivity contribution in [1.29, 1.82) is 0 Å². The smallest absolute Gasteiger partial charge is 0.240 e. The molecule has 0 aliphatic rings. The Kier molecular flexibility index (Phi) is 5.63. The average Bonchev–Trinajstić information content (AvgIpc) is 3.17. The third-order valence-corrected chi connectivity index (χ3v) is 7.41. The van der Waals surface area contributed by atoms with Gasteiger partial charge in [-0.15, -0.1) is 22.7 Å². The van der Waals surface area contributed by atoms with Crippen LogP contribution in [0.4, 0.5) is 13.8 Å². The molecule has 0 radical (unpaired) electrons. The van der Waals surface area contributed by atoms with Crippen LogP contribution in [0.5, 0.6) is 0 Å². The van der Waals surface area contributed by atoms with Crippen molar-refractivity contribution in [2.45, 2.75) is 31.9 Å². The molecular formula is C14H14BrF2N3S3. The molecule has 3 aromatic rings. The number of hydrogen-bond donors (Lipinski definition) is 2. The van der Waals surface area contributed by atoms with Crippen LogP contribution in [0.2, 0.25) is 0 Å². The van der Waals surface area contributed by atoms with Gasteiger partial charge in [0.1, 0.15) is 10.5 Å². The number of rotatable bonds is 7. The highest BCUT2D eigenvalue weighted by Crippen LogP contribution is 2.42. The lowest BCUT2D eigenvalue weighted by atomic mass is 10.1. The second-order valence-electron chi connectivity index (χ2n) is 5.05. The van der Waals surface area contributed by atoms with Gasteiger partial charge in [0.15, 0.2) is 0 Å². The van der Waals surface area contributed by atoms with Crippen LogP contribution >= 0.6 is 50.1 Å². The van der Waals surface area contributed by atoms with E-state index in [9.17, 15) is 8.78 Å². The van der Waals surface area contributed by atoms with Crippen LogP contribution in [-0.4, -0.2) is 16.8 Å². The van der Waals surface area contributed by atoms with Crippen LogP contribution in [0.3, 0.4) is 0 Å². The summed E-state index contributed by atoms with van der Waals surface area (Å²) in [5, 5.41) is 6.45. The Labute approximate surface area is 152 Å². The van der Waals surface area contributed by atoms with Gasteiger partial charge in [-0.2, -0.15) is 4.37 Å². The van der Waals surface area contributed by atoms with Crippen molar-refractivity contribution in [3.8, 4) is 0 Å². The van der Waals surface area contributed by atoms with Crippen LogP contribution in [0.15, 0.2) is 22.0 Å². The molecule has 23 heavy (non-hydrogen) atoms. The van der Waals surface area contributed by atoms with E-state index in [1.165, 1.54) is 16.4 Å². The van der Waals surface area contributed by atoms with Gasteiger partial charge in [0.25, 0.3) is 0 Å². The summed E-state index contributed by atoms with van der Waals surface area (Å²) in [6, 6.07) is 3.56. The maximum Gasteiger partial charge on any atom is 0.240 e. The van der Waals surface area contributed by atoms with E-state index in [0.29, 0.717) is 6.42 Å². The molecule has 3 N–H and O–H groups in total. The molecular weight excluding hydrogens is 424 g/mol. The second kappa shape index (κ2) is 7.52. The van der Waals surface area contributed by atoms with Crippen molar-refractivity contribution in [3.05, 3.63) is 31.7 Å². The zero-order chi connectivity index (χ0) is 16.4. The minimum Gasteiger partial charge on any atom is -0.370 e. The molecule has 0 saturated heterocycles. The minimum atomic E-state index is -2.37. The normalized spacial score (nSPS) is 13.1. The number of hydrogen-bond acceptors (Lipinski definition) is 6. The summed E-state index contributed by atoms with van der Waals surface area (Å²) in [6.45, 7) is 0.755. The Morgan fingerprint density at radius 2 is 2.22 bits per heavy atom. The Hall–Kier alpha value is -0.610. The Bertz CT molecular complexity index is 770. The summed E-state index contributed by atoms with van der Waals surface area (Å²) in [7, 11) is 0. The van der Waals surface area contributed by atoms with E-state index < -0.39 is 12.5 Å². The number of nitrogens with zero attached hydrogens (tertiary/aromatic N) is 1. The molecule has 0 fully saturated rings. The Balaban J connectivity index is 1.76. The number of aromatic nitrogens is 1. The molecule has 3 heterocycles. The molecule has 3 aromatic heterocycles. The SMILES string of the molecule is N[C@H](Cc1sc2c(NCc3cccs3)snc2c1Br)CC(F)F. The van der Waals surface area contributed by atoms with E-state index in [4.69, 9.17) is 5.73 Å². The van der Waals surface area contributed by atoms with Crippen molar-refractivity contribution < 1.29 is 8.78 Å². The fourth-order valence-electron chi connectivity index (χ4n) is 2.19. The van der Waals surface area contributed by atoms with Crippen LogP contribution in [0, 0.1) is 0 Å². The van der Waals surface area contributed by atoms with Gasteiger partial charge in [-0.1, -0.05) is 6.07 Å². The minimum absolute atomic E-state index is 0.284. The number of anilines is 1. The molecule has 0 aliphatic heterocycles. The van der Waals surface area contributed by atoms with Crippen molar-refractivity contribution >= 4 is 65.4 Å². The van der Waals surface area contributed by atoms with Crippen LogP contribution in [-0.2, 0) is 13.0 Å². The maximum atomic E-state index is 12.4. The number of fused-ring (bicyclic) bond motifs is 1. The van der Waals surface area contributed by atoms with Gasteiger partial charge in [-0.3, -0.25) is 0 Å². The van der Waals surface area contributed by atoms with Gasteiger partial charge < -0.3 is 11.1 Å². The third-order valence-electron chi connectivity index (χ3n) is 3.26. The quantitative estimate of drug-likeness (QED) is 0.525. The topological polar surface area (TPSA) is 50.9 Å². The molecule has 0 spiro atoms. The number of nitrogens with one attached hydrogen (secondary N) is 1. The van der Waals surface area contributed by atoms with E-state index in [0.717, 1.165) is 31.1 Å². The number of nitrogens with two attached hydrogens (primary N) is 1. The van der Waals surface area contributed by atoms with Gasteiger partial charge in [0.05, 0.1) is 15.7 Å². The predicted molar refractivity (Wildman–Crippen MR) is 99.1 cm³/mol. The van der Waals surface area contributed by atoms with E-state index in [1.807, 2.05) is 11.4 Å². The molecule has 9 heteroatoms. The highest BCUT2D eigenvalue weighted by molar-refractivity contribution is 9.10. The summed E-state index contributed by atoms with van der Waals surface area (Å²) in [4.78, 5) is 2.23. The van der Waals surface area contributed by atoms with Crippen LogP contribution < -0.4 is 11.1 Å². The molecule has 0 aromatic carbocycles. The van der Waals surface area contributed by atoms with Crippen LogP contribution in [0.1, 0.15) is 16.2 Å². The van der Waals surface area contributed by atoms with Gasteiger partial charge in [-0.05, 0) is 45.3 Å². The van der Waals surface area contributed by atoms with Gasteiger partial charge in [-0.25, -0.2) is 8.78 Å². The molecule has 0 amide bonds. The number of alkyl halides is 2. The fraction of sp³-hybridized carbons (Fsp3) is 0.357. The van der Waals surface area contributed by atoms with Gasteiger partial charge in [0, 0.05) is 22.2 Å². The molecule has 0 unspecified atom stereocenters. The Morgan fingerprint density at radius 3 is 2.91 bits per heavy atom. The van der Waals surface area contributed by atoms with Crippen LogP contribution in [0.25, 0.3) is 10.2 Å². The number of halogens is 3. The molecule has 0 saturated carbocycles. The standard InChI is InChI=1S/C14H14BrF2N3S3/c15-11-9(4-7(18)5-10(16)17)22-13-12(11)20-23-14(13)19-6-8-2-1-3-21-8/h1-3,7,10,19H,4-6,18H2/t7-/m1/s1. The molecule has 1 atom stereocenters. The highest BCUT2D eigenvalue weighted by atomic mass is 79.9. The molecule has 124 valence electrons. The van der Waals surface area contributed by atoms with Gasteiger partial charge in [0.2, 0.25) is 6.43 Å². The lowest BCUT2D eigenvalue weighted by molar-refractivity contribution is 0.128. The predicted octanol–water partition coefficient (Wildman–Crippen LogP) is 5.32. The van der Waals surface area contributed by atoms with E-state index in [1.54, 1.807) is 22.7 Å². The van der Waals surface area contributed by atoms with E-state index in [2.05, 4.69) is 31.7 Å². The third kappa shape index (κ3) is 4.08. The second-order valence-corrected chi connectivity index (χ2v) is 8.76. The van der Waals surface area contributed by atoms with E-state index in [-0.39, 0.29) is 6.42 Å². The summed E-state index contributed by atoms with van der Waals surface area (Å²) < 4.78 is 31.2. The lowest BCUT2D eigenvalue weighted by Crippen LogP contribution is -2.25. The van der Waals surface area contributed by atoms with Crippen molar-refractivity contribution in [1.82, 2.24) is 4.37 Å². The summed E-state index contributed by atoms with van der Waals surface area (Å²) >= 11 is 8.22. The monoisotopic (exact) mass is 437 g/mol. The van der Waals surface area contributed by atoms with Crippen molar-refractivity contribution in [2.75, 3.05) is 5.32 Å². The molecule has 3 nitrogen and oxygen atoms in total. The Morgan fingerprint density at radius 1 is 1.39 bits per heavy atom. The van der Waals surface area contributed by atoms with Crippen molar-refractivity contribution in [3.63, 3.8) is 0 Å². The van der Waals surface area contributed by atoms with Gasteiger partial charge >= 0.3 is 0 Å². The van der Waals surface area contributed by atoms with E-state index >= 15 is 0 Å². The zero-order valence-corrected chi connectivity index (χ0v) is 15.9. The first kappa shape index (κ1) is 17.2. The first-order valence-corrected chi connectivity index (χ1v) is 10.2. The molecule has 3 rings (SSSR count). The van der Waals surface area contributed by atoms with Crippen molar-refractivity contribution in [2.24, 2.45) is 5.73 Å². The largest absolute Gasteiger partial charge is 0.370 e. The first-order chi connectivity index (χ1) is 11.0. The average molecular weight is 438 g/mol. The molecule has 0 bridgehead atoms. The zero-order valence-electron chi connectivity index (χ0n) is 11.9. The summed E-state index contributed by atoms with van der Waals surface area (Å²) in [6.07, 6.45) is -2.22. The summed E-state index contributed by atoms with van der Waals surface area (Å²) in [5.74, 6) is 0. The fourth-order valence-corrected chi connectivity index (χ4v) is 5.89. The maximum absolute atomic E-state index is 12.4. The highest BCUT2D eigenvalue weighted by Gasteiger charge is 2.20. The first-order valence-electron chi connectivity index (χ1n) is 6.91. The lowest BCUT2D eigenvalue weighted by Gasteiger charge is -2.09. The number of thiophene rings is 2. The molecule has 0 aliphatic carbocycles.